The highest BCUT2D eigenvalue weighted by molar-refractivity contribution is 6.17. The molecule has 1 rings (SSSR count). The summed E-state index contributed by atoms with van der Waals surface area (Å²) in [5.41, 5.74) is -0.735. The third kappa shape index (κ3) is 2.75. The number of ether oxygens (including phenoxy) is 1. The quantitative estimate of drug-likeness (QED) is 0.665. The maximum atomic E-state index is 11.9. The smallest absolute Gasteiger partial charge is 0.505 e. The summed E-state index contributed by atoms with van der Waals surface area (Å²) in [6, 6.07) is 0. The number of rotatable bonds is 3. The normalized spacial score (nSPS) is 11.2. The van der Waals surface area contributed by atoms with Crippen LogP contribution in [-0.4, -0.2) is 22.7 Å². The molecule has 0 bridgehead atoms. The Morgan fingerprint density at radius 1 is 1.56 bits per heavy atom. The summed E-state index contributed by atoms with van der Waals surface area (Å²) in [6.45, 7) is 0. The monoisotopic (exact) mass is 255 g/mol. The number of carbonyl (C=O) groups excluding carboxylic acids is 1. The number of alkyl halides is 4. The first kappa shape index (κ1) is 12.6. The number of aromatic hydroxyl groups is 1. The molecule has 0 aliphatic carbocycles. The van der Waals surface area contributed by atoms with Crippen molar-refractivity contribution in [2.75, 3.05) is 0 Å². The van der Waals surface area contributed by atoms with E-state index in [-0.39, 0.29) is 11.8 Å². The molecule has 0 atom stereocenters. The van der Waals surface area contributed by atoms with Crippen LogP contribution in [0.2, 0.25) is 0 Å². The van der Waals surface area contributed by atoms with Crippen molar-refractivity contribution >= 4 is 17.9 Å². The Kier molecular flexibility index (Phi) is 3.58. The van der Waals surface area contributed by atoms with Crippen molar-refractivity contribution in [3.63, 3.8) is 0 Å². The lowest BCUT2D eigenvalue weighted by molar-refractivity contribution is -0.275. The van der Waals surface area contributed by atoms with Crippen LogP contribution in [-0.2, 0) is 5.88 Å². The first-order valence-corrected chi connectivity index (χ1v) is 4.40. The van der Waals surface area contributed by atoms with Crippen LogP contribution in [0, 0.1) is 0 Å². The Balaban J connectivity index is 3.21. The molecule has 4 nitrogen and oxygen atoms in total. The maximum Gasteiger partial charge on any atom is 0.573 e. The third-order valence-electron chi connectivity index (χ3n) is 1.62. The minimum absolute atomic E-state index is 0.197. The highest BCUT2D eigenvalue weighted by atomic mass is 35.5. The SMILES string of the molecule is O=Cc1ncc(OC(F)(F)F)c(CCl)c1O. The molecule has 0 aliphatic rings. The number of nitrogens with zero attached hydrogens (tertiary/aromatic N) is 1. The lowest BCUT2D eigenvalue weighted by atomic mass is 10.2. The molecule has 1 N–H and O–H groups in total. The number of carbonyl (C=O) groups is 1. The Hall–Kier alpha value is -1.50. The van der Waals surface area contributed by atoms with Crippen molar-refractivity contribution in [3.05, 3.63) is 17.5 Å². The molecular weight excluding hydrogens is 251 g/mol. The van der Waals surface area contributed by atoms with E-state index in [1.54, 1.807) is 0 Å². The standard InChI is InChI=1S/C8H5ClF3NO3/c9-1-4-6(16-8(10,11)12)2-13-5(3-14)7(4)15/h2-3,15H,1H2. The highest BCUT2D eigenvalue weighted by Crippen LogP contribution is 2.33. The van der Waals surface area contributed by atoms with Crippen molar-refractivity contribution in [2.45, 2.75) is 12.2 Å². The molecule has 0 aromatic carbocycles. The summed E-state index contributed by atoms with van der Waals surface area (Å²) >= 11 is 5.34. The maximum absolute atomic E-state index is 11.9. The first-order chi connectivity index (χ1) is 7.39. The lowest BCUT2D eigenvalue weighted by Crippen LogP contribution is -2.18. The second kappa shape index (κ2) is 4.56. The van der Waals surface area contributed by atoms with E-state index in [9.17, 15) is 23.1 Å². The van der Waals surface area contributed by atoms with E-state index in [0.717, 1.165) is 0 Å². The van der Waals surface area contributed by atoms with Crippen LogP contribution in [0.1, 0.15) is 16.1 Å². The number of aromatic nitrogens is 1. The van der Waals surface area contributed by atoms with Gasteiger partial charge in [0.15, 0.2) is 17.8 Å². The fourth-order valence-electron chi connectivity index (χ4n) is 0.967. The van der Waals surface area contributed by atoms with E-state index < -0.39 is 29.4 Å². The largest absolute Gasteiger partial charge is 0.573 e. The summed E-state index contributed by atoms with van der Waals surface area (Å²) in [4.78, 5) is 13.7. The van der Waals surface area contributed by atoms with Gasteiger partial charge in [-0.05, 0) is 0 Å². The van der Waals surface area contributed by atoms with Gasteiger partial charge in [0.2, 0.25) is 0 Å². The zero-order valence-corrected chi connectivity index (χ0v) is 8.34. The molecule has 0 spiro atoms. The number of halogens is 4. The fraction of sp³-hybridized carbons (Fsp3) is 0.250. The molecule has 0 radical (unpaired) electrons. The van der Waals surface area contributed by atoms with Crippen molar-refractivity contribution in [3.8, 4) is 11.5 Å². The van der Waals surface area contributed by atoms with Crippen molar-refractivity contribution < 1.29 is 27.8 Å². The average molecular weight is 256 g/mol. The molecule has 88 valence electrons. The summed E-state index contributed by atoms with van der Waals surface area (Å²) in [5, 5.41) is 9.34. The van der Waals surface area contributed by atoms with Crippen LogP contribution >= 0.6 is 11.6 Å². The number of hydrogen-bond acceptors (Lipinski definition) is 4. The van der Waals surface area contributed by atoms with Gasteiger partial charge in [-0.25, -0.2) is 4.98 Å². The minimum Gasteiger partial charge on any atom is -0.505 e. The van der Waals surface area contributed by atoms with E-state index in [0.29, 0.717) is 6.20 Å². The summed E-state index contributed by atoms with van der Waals surface area (Å²) in [7, 11) is 0. The van der Waals surface area contributed by atoms with Crippen LogP contribution in [0.4, 0.5) is 13.2 Å². The zero-order chi connectivity index (χ0) is 12.3. The summed E-state index contributed by atoms with van der Waals surface area (Å²) in [6.07, 6.45) is -4.05. The molecule has 0 saturated heterocycles. The zero-order valence-electron chi connectivity index (χ0n) is 7.58. The van der Waals surface area contributed by atoms with Gasteiger partial charge >= 0.3 is 6.36 Å². The van der Waals surface area contributed by atoms with Gasteiger partial charge in [0.05, 0.1) is 17.6 Å². The first-order valence-electron chi connectivity index (χ1n) is 3.86. The second-order valence-electron chi connectivity index (χ2n) is 2.63. The predicted octanol–water partition coefficient (Wildman–Crippen LogP) is 2.24. The van der Waals surface area contributed by atoms with E-state index in [2.05, 4.69) is 9.72 Å². The van der Waals surface area contributed by atoms with E-state index in [1.807, 2.05) is 0 Å². The molecule has 1 aromatic heterocycles. The molecule has 0 unspecified atom stereocenters. The Morgan fingerprint density at radius 2 is 2.19 bits per heavy atom. The van der Waals surface area contributed by atoms with Gasteiger partial charge in [-0.15, -0.1) is 24.8 Å². The van der Waals surface area contributed by atoms with Gasteiger partial charge in [0, 0.05) is 0 Å². The van der Waals surface area contributed by atoms with Crippen LogP contribution in [0.25, 0.3) is 0 Å². The van der Waals surface area contributed by atoms with Crippen LogP contribution in [0.3, 0.4) is 0 Å². The minimum atomic E-state index is -4.92. The van der Waals surface area contributed by atoms with Crippen LogP contribution in [0.5, 0.6) is 11.5 Å². The van der Waals surface area contributed by atoms with Gasteiger partial charge in [0.1, 0.15) is 5.69 Å². The lowest BCUT2D eigenvalue weighted by Gasteiger charge is -2.12. The topological polar surface area (TPSA) is 59.4 Å². The molecule has 0 saturated carbocycles. The van der Waals surface area contributed by atoms with E-state index >= 15 is 0 Å². The van der Waals surface area contributed by atoms with Crippen molar-refractivity contribution in [1.29, 1.82) is 0 Å². The van der Waals surface area contributed by atoms with Gasteiger partial charge < -0.3 is 9.84 Å². The molecule has 8 heteroatoms. The van der Waals surface area contributed by atoms with Gasteiger partial charge in [-0.2, -0.15) is 0 Å². The molecule has 16 heavy (non-hydrogen) atoms. The van der Waals surface area contributed by atoms with Crippen molar-refractivity contribution in [2.24, 2.45) is 0 Å². The molecular formula is C8H5ClF3NO3. The van der Waals surface area contributed by atoms with Crippen LogP contribution in [0.15, 0.2) is 6.20 Å². The summed E-state index contributed by atoms with van der Waals surface area (Å²) < 4.78 is 39.4. The van der Waals surface area contributed by atoms with Crippen molar-refractivity contribution in [1.82, 2.24) is 4.98 Å². The van der Waals surface area contributed by atoms with Crippen LogP contribution < -0.4 is 4.74 Å². The Bertz CT molecular complexity index is 408. The van der Waals surface area contributed by atoms with E-state index in [1.165, 1.54) is 0 Å². The second-order valence-corrected chi connectivity index (χ2v) is 2.90. The van der Waals surface area contributed by atoms with E-state index in [4.69, 9.17) is 11.6 Å². The third-order valence-corrected chi connectivity index (χ3v) is 1.88. The molecule has 0 aliphatic heterocycles. The number of hydrogen-bond donors (Lipinski definition) is 1. The van der Waals surface area contributed by atoms with Gasteiger partial charge in [0.25, 0.3) is 0 Å². The Labute approximate surface area is 92.6 Å². The van der Waals surface area contributed by atoms with Gasteiger partial charge in [-0.3, -0.25) is 4.79 Å². The molecule has 1 aromatic rings. The number of pyridine rings is 1. The number of aldehydes is 1. The average Bonchev–Trinajstić information content (AvgIpc) is 2.16. The fourth-order valence-corrected chi connectivity index (χ4v) is 1.22. The molecule has 0 fully saturated rings. The summed E-state index contributed by atoms with van der Waals surface area (Å²) in [5.74, 6) is -1.89. The molecule has 1 heterocycles. The predicted molar refractivity (Wildman–Crippen MR) is 47.5 cm³/mol. The highest BCUT2D eigenvalue weighted by Gasteiger charge is 2.33. The van der Waals surface area contributed by atoms with Gasteiger partial charge in [-0.1, -0.05) is 0 Å². The Morgan fingerprint density at radius 3 is 2.62 bits per heavy atom. The molecule has 0 amide bonds.